The zero-order chi connectivity index (χ0) is 15.4. The Bertz CT molecular complexity index is 523. The highest BCUT2D eigenvalue weighted by molar-refractivity contribution is 5.83. The molecule has 0 saturated carbocycles. The zero-order valence-electron chi connectivity index (χ0n) is 12.4. The lowest BCUT2D eigenvalue weighted by molar-refractivity contribution is -0.384. The molecule has 2 unspecified atom stereocenters. The van der Waals surface area contributed by atoms with Crippen molar-refractivity contribution in [3.8, 4) is 0 Å². The van der Waals surface area contributed by atoms with E-state index in [9.17, 15) is 14.9 Å². The first-order valence-electron chi connectivity index (χ1n) is 7.17. The number of nitro groups is 1. The van der Waals surface area contributed by atoms with Crippen LogP contribution in [-0.2, 0) is 11.2 Å². The van der Waals surface area contributed by atoms with Gasteiger partial charge in [-0.25, -0.2) is 0 Å². The third kappa shape index (κ3) is 4.61. The summed E-state index contributed by atoms with van der Waals surface area (Å²) in [6.07, 6.45) is 0.244. The normalized spacial score (nSPS) is 23.0. The van der Waals surface area contributed by atoms with Crippen LogP contribution in [0.2, 0.25) is 0 Å². The molecular formula is C15H21N3O3. The quantitative estimate of drug-likeness (QED) is 0.655. The smallest absolute Gasteiger partial charge is 0.269 e. The minimum atomic E-state index is -0.437. The topological polar surface area (TPSA) is 75.5 Å². The molecule has 0 radical (unpaired) electrons. The van der Waals surface area contributed by atoms with Crippen molar-refractivity contribution in [3.63, 3.8) is 0 Å². The van der Waals surface area contributed by atoms with Crippen LogP contribution in [-0.4, -0.2) is 47.3 Å². The van der Waals surface area contributed by atoms with E-state index in [1.165, 1.54) is 12.1 Å². The highest BCUT2D eigenvalue weighted by Gasteiger charge is 2.22. The molecule has 1 aliphatic rings. The molecule has 0 aromatic heterocycles. The second-order valence-corrected chi connectivity index (χ2v) is 5.81. The molecule has 1 heterocycles. The number of hydrogen-bond donors (Lipinski definition) is 1. The molecule has 114 valence electrons. The van der Waals surface area contributed by atoms with E-state index in [0.29, 0.717) is 24.2 Å². The van der Waals surface area contributed by atoms with Crippen LogP contribution >= 0.6 is 0 Å². The van der Waals surface area contributed by atoms with Crippen molar-refractivity contribution in [1.82, 2.24) is 10.2 Å². The molecule has 1 aromatic carbocycles. The van der Waals surface area contributed by atoms with E-state index in [2.05, 4.69) is 24.1 Å². The molecule has 21 heavy (non-hydrogen) atoms. The van der Waals surface area contributed by atoms with Crippen LogP contribution < -0.4 is 5.32 Å². The van der Waals surface area contributed by atoms with Gasteiger partial charge in [0.15, 0.2) is 5.78 Å². The van der Waals surface area contributed by atoms with Gasteiger partial charge in [-0.05, 0) is 19.4 Å². The lowest BCUT2D eigenvalue weighted by Crippen LogP contribution is -2.55. The number of carbonyl (C=O) groups is 1. The molecule has 0 spiro atoms. The van der Waals surface area contributed by atoms with Crippen LogP contribution in [0.1, 0.15) is 19.4 Å². The number of nitrogens with zero attached hydrogens (tertiary/aromatic N) is 2. The molecule has 1 fully saturated rings. The van der Waals surface area contributed by atoms with Crippen molar-refractivity contribution >= 4 is 11.5 Å². The van der Waals surface area contributed by atoms with Crippen LogP contribution in [0.4, 0.5) is 5.69 Å². The fraction of sp³-hybridized carbons (Fsp3) is 0.533. The van der Waals surface area contributed by atoms with Gasteiger partial charge in [0.05, 0.1) is 11.5 Å². The largest absolute Gasteiger partial charge is 0.309 e. The Labute approximate surface area is 124 Å². The number of Topliss-reactive ketones (excluding diaryl/α,β-unsaturated/α-hetero) is 1. The molecule has 1 aromatic rings. The molecule has 0 amide bonds. The standard InChI is InChI=1S/C15H21N3O3/c1-11-8-17(9-12(2)16-11)10-15(19)7-13-4-3-5-14(6-13)18(20)21/h3-6,11-12,16H,7-10H2,1-2H3. The number of non-ortho nitro benzene ring substituents is 1. The number of benzene rings is 1. The summed E-state index contributed by atoms with van der Waals surface area (Å²) in [5.41, 5.74) is 0.732. The van der Waals surface area contributed by atoms with E-state index in [-0.39, 0.29) is 17.9 Å². The van der Waals surface area contributed by atoms with Gasteiger partial charge in [-0.2, -0.15) is 0 Å². The Balaban J connectivity index is 1.92. The monoisotopic (exact) mass is 291 g/mol. The summed E-state index contributed by atoms with van der Waals surface area (Å²) in [5, 5.41) is 14.2. The number of nitrogens with one attached hydrogen (secondary N) is 1. The van der Waals surface area contributed by atoms with Crippen LogP contribution in [0.3, 0.4) is 0 Å². The maximum absolute atomic E-state index is 12.1. The van der Waals surface area contributed by atoms with Crippen LogP contribution in [0, 0.1) is 10.1 Å². The molecule has 1 N–H and O–H groups in total. The maximum atomic E-state index is 12.1. The molecule has 0 aliphatic carbocycles. The van der Waals surface area contributed by atoms with Crippen molar-refractivity contribution in [2.45, 2.75) is 32.4 Å². The van der Waals surface area contributed by atoms with Crippen LogP contribution in [0.15, 0.2) is 24.3 Å². The van der Waals surface area contributed by atoms with Gasteiger partial charge in [-0.1, -0.05) is 12.1 Å². The highest BCUT2D eigenvalue weighted by Crippen LogP contribution is 2.14. The van der Waals surface area contributed by atoms with Crippen LogP contribution in [0.25, 0.3) is 0 Å². The number of carbonyl (C=O) groups excluding carboxylic acids is 1. The van der Waals surface area contributed by atoms with Gasteiger partial charge in [0.1, 0.15) is 0 Å². The number of ketones is 1. The fourth-order valence-corrected chi connectivity index (χ4v) is 2.88. The number of rotatable bonds is 5. The third-order valence-electron chi connectivity index (χ3n) is 3.56. The lowest BCUT2D eigenvalue weighted by atomic mass is 10.1. The van der Waals surface area contributed by atoms with Gasteiger partial charge >= 0.3 is 0 Å². The summed E-state index contributed by atoms with van der Waals surface area (Å²) in [7, 11) is 0. The van der Waals surface area contributed by atoms with E-state index >= 15 is 0 Å². The predicted octanol–water partition coefficient (Wildman–Crippen LogP) is 1.39. The second-order valence-electron chi connectivity index (χ2n) is 5.81. The Morgan fingerprint density at radius 1 is 1.38 bits per heavy atom. The minimum absolute atomic E-state index is 0.0321. The number of nitro benzene ring substituents is 1. The number of piperazine rings is 1. The number of hydrogen-bond acceptors (Lipinski definition) is 5. The average Bonchev–Trinajstić information content (AvgIpc) is 2.37. The summed E-state index contributed by atoms with van der Waals surface area (Å²) in [6.45, 7) is 6.32. The maximum Gasteiger partial charge on any atom is 0.269 e. The Morgan fingerprint density at radius 2 is 2.05 bits per heavy atom. The fourth-order valence-electron chi connectivity index (χ4n) is 2.88. The Hall–Kier alpha value is -1.79. The Morgan fingerprint density at radius 3 is 2.67 bits per heavy atom. The van der Waals surface area contributed by atoms with Gasteiger partial charge in [0.25, 0.3) is 5.69 Å². The average molecular weight is 291 g/mol. The van der Waals surface area contributed by atoms with Crippen molar-refractivity contribution < 1.29 is 9.72 Å². The molecular weight excluding hydrogens is 270 g/mol. The molecule has 2 rings (SSSR count). The van der Waals surface area contributed by atoms with Crippen LogP contribution in [0.5, 0.6) is 0 Å². The first-order chi connectivity index (χ1) is 9.94. The SMILES string of the molecule is CC1CN(CC(=O)Cc2cccc([N+](=O)[O-])c2)CC(C)N1. The third-order valence-corrected chi connectivity index (χ3v) is 3.56. The minimum Gasteiger partial charge on any atom is -0.309 e. The van der Waals surface area contributed by atoms with Crippen molar-refractivity contribution in [3.05, 3.63) is 39.9 Å². The molecule has 6 nitrogen and oxygen atoms in total. The highest BCUT2D eigenvalue weighted by atomic mass is 16.6. The summed E-state index contributed by atoms with van der Waals surface area (Å²) in [4.78, 5) is 24.6. The van der Waals surface area contributed by atoms with Gasteiger partial charge in [-0.15, -0.1) is 0 Å². The molecule has 2 atom stereocenters. The van der Waals surface area contributed by atoms with Gasteiger partial charge in [-0.3, -0.25) is 19.8 Å². The van der Waals surface area contributed by atoms with E-state index < -0.39 is 4.92 Å². The van der Waals surface area contributed by atoms with E-state index in [4.69, 9.17) is 0 Å². The van der Waals surface area contributed by atoms with Crippen molar-refractivity contribution in [2.24, 2.45) is 0 Å². The first kappa shape index (κ1) is 15.6. The lowest BCUT2D eigenvalue weighted by Gasteiger charge is -2.35. The predicted molar refractivity (Wildman–Crippen MR) is 80.3 cm³/mol. The van der Waals surface area contributed by atoms with Gasteiger partial charge < -0.3 is 5.32 Å². The summed E-state index contributed by atoms with van der Waals surface area (Å²) < 4.78 is 0. The first-order valence-corrected chi connectivity index (χ1v) is 7.17. The van der Waals surface area contributed by atoms with E-state index in [1.807, 2.05) is 0 Å². The van der Waals surface area contributed by atoms with E-state index in [1.54, 1.807) is 12.1 Å². The molecule has 1 aliphatic heterocycles. The molecule has 0 bridgehead atoms. The van der Waals surface area contributed by atoms with Gasteiger partial charge in [0, 0.05) is 43.7 Å². The molecule has 6 heteroatoms. The summed E-state index contributed by atoms with van der Waals surface area (Å²) in [5.74, 6) is 0.0943. The van der Waals surface area contributed by atoms with Gasteiger partial charge in [0.2, 0.25) is 0 Å². The van der Waals surface area contributed by atoms with E-state index in [0.717, 1.165) is 13.1 Å². The van der Waals surface area contributed by atoms with Crippen molar-refractivity contribution in [2.75, 3.05) is 19.6 Å². The van der Waals surface area contributed by atoms with Crippen molar-refractivity contribution in [1.29, 1.82) is 0 Å². The molecule has 1 saturated heterocycles. The zero-order valence-corrected chi connectivity index (χ0v) is 12.4. The second kappa shape index (κ2) is 6.78. The Kier molecular flexibility index (Phi) is 5.03. The summed E-state index contributed by atoms with van der Waals surface area (Å²) >= 11 is 0. The summed E-state index contributed by atoms with van der Waals surface area (Å²) in [6, 6.07) is 7.04.